The monoisotopic (exact) mass is 462 g/mol. The molecule has 3 rings (SSSR count). The molecular formula is C22H20ClFN2O4S. The first kappa shape index (κ1) is 22.6. The number of para-hydroxylation sites is 1. The number of hydrogen-bond acceptors (Lipinski definition) is 4. The summed E-state index contributed by atoms with van der Waals surface area (Å²) in [6.45, 7) is 0. The number of carbonyl (C=O) groups is 1. The Morgan fingerprint density at radius 1 is 1.06 bits per heavy atom. The highest BCUT2D eigenvalue weighted by atomic mass is 35.5. The fraction of sp³-hybridized carbons (Fsp3) is 0.136. The van der Waals surface area contributed by atoms with Crippen LogP contribution < -0.4 is 14.8 Å². The van der Waals surface area contributed by atoms with Gasteiger partial charge in [0.15, 0.2) is 0 Å². The fourth-order valence-corrected chi connectivity index (χ4v) is 4.40. The number of carbonyl (C=O) groups excluding carboxylic acids is 1. The Morgan fingerprint density at radius 3 is 2.55 bits per heavy atom. The molecule has 0 radical (unpaired) electrons. The number of anilines is 2. The Bertz CT molecular complexity index is 1200. The normalized spacial score (nSPS) is 11.1. The first-order valence-corrected chi connectivity index (χ1v) is 11.1. The van der Waals surface area contributed by atoms with Crippen molar-refractivity contribution in [2.24, 2.45) is 0 Å². The van der Waals surface area contributed by atoms with Crippen LogP contribution in [0.3, 0.4) is 0 Å². The average Bonchev–Trinajstić information content (AvgIpc) is 2.74. The summed E-state index contributed by atoms with van der Waals surface area (Å²) in [5.74, 6) is -0.594. The van der Waals surface area contributed by atoms with Gasteiger partial charge < -0.3 is 10.1 Å². The Kier molecular flexibility index (Phi) is 7.14. The number of halogens is 2. The maximum atomic E-state index is 13.3. The van der Waals surface area contributed by atoms with Crippen molar-refractivity contribution in [2.75, 3.05) is 17.1 Å². The molecule has 0 fully saturated rings. The van der Waals surface area contributed by atoms with Crippen LogP contribution in [0.4, 0.5) is 15.8 Å². The van der Waals surface area contributed by atoms with Gasteiger partial charge in [0.2, 0.25) is 5.91 Å². The first-order chi connectivity index (χ1) is 14.8. The molecule has 3 aromatic carbocycles. The molecule has 0 aliphatic rings. The van der Waals surface area contributed by atoms with Gasteiger partial charge in [-0.2, -0.15) is 0 Å². The molecule has 6 nitrogen and oxygen atoms in total. The van der Waals surface area contributed by atoms with Crippen molar-refractivity contribution in [1.82, 2.24) is 0 Å². The Morgan fingerprint density at radius 2 is 1.84 bits per heavy atom. The number of aryl methyl sites for hydroxylation is 1. The highest BCUT2D eigenvalue weighted by Gasteiger charge is 2.22. The van der Waals surface area contributed by atoms with E-state index in [0.717, 1.165) is 0 Å². The predicted octanol–water partition coefficient (Wildman–Crippen LogP) is 4.86. The van der Waals surface area contributed by atoms with E-state index in [4.69, 9.17) is 16.3 Å². The minimum absolute atomic E-state index is 0.107. The van der Waals surface area contributed by atoms with E-state index in [-0.39, 0.29) is 45.2 Å². The lowest BCUT2D eigenvalue weighted by Gasteiger charge is -2.14. The van der Waals surface area contributed by atoms with Crippen molar-refractivity contribution in [2.45, 2.75) is 17.7 Å². The van der Waals surface area contributed by atoms with Crippen LogP contribution in [-0.2, 0) is 21.2 Å². The zero-order valence-corrected chi connectivity index (χ0v) is 18.1. The van der Waals surface area contributed by atoms with Gasteiger partial charge in [0.05, 0.1) is 17.8 Å². The number of rotatable bonds is 8. The lowest BCUT2D eigenvalue weighted by molar-refractivity contribution is -0.116. The van der Waals surface area contributed by atoms with Crippen molar-refractivity contribution >= 4 is 38.9 Å². The maximum Gasteiger partial charge on any atom is 0.265 e. The van der Waals surface area contributed by atoms with Crippen molar-refractivity contribution in [3.63, 3.8) is 0 Å². The highest BCUT2D eigenvalue weighted by molar-refractivity contribution is 7.92. The van der Waals surface area contributed by atoms with E-state index in [9.17, 15) is 17.6 Å². The summed E-state index contributed by atoms with van der Waals surface area (Å²) in [5, 5.41) is 2.90. The number of benzene rings is 3. The number of sulfonamides is 1. The molecule has 0 aromatic heterocycles. The zero-order valence-electron chi connectivity index (χ0n) is 16.6. The van der Waals surface area contributed by atoms with Gasteiger partial charge in [-0.25, -0.2) is 12.8 Å². The van der Waals surface area contributed by atoms with Gasteiger partial charge in [0, 0.05) is 12.1 Å². The Balaban J connectivity index is 1.76. The molecule has 0 aliphatic heterocycles. The van der Waals surface area contributed by atoms with Crippen molar-refractivity contribution in [3.05, 3.63) is 83.1 Å². The lowest BCUT2D eigenvalue weighted by atomic mass is 10.1. The molecule has 162 valence electrons. The van der Waals surface area contributed by atoms with Crippen LogP contribution in [0.2, 0.25) is 5.02 Å². The Hall–Kier alpha value is -3.10. The summed E-state index contributed by atoms with van der Waals surface area (Å²) in [6, 6.07) is 16.7. The molecule has 31 heavy (non-hydrogen) atoms. The van der Waals surface area contributed by atoms with Crippen LogP contribution in [0, 0.1) is 5.82 Å². The van der Waals surface area contributed by atoms with E-state index < -0.39 is 10.0 Å². The largest absolute Gasteiger partial charge is 0.495 e. The number of nitrogens with one attached hydrogen (secondary N) is 2. The summed E-state index contributed by atoms with van der Waals surface area (Å²) < 4.78 is 46.7. The standard InChI is InChI=1S/C22H20ClFN2O4S/c1-30-20-11-10-17(25-22(27)12-9-15-5-4-6-16(24)13-15)14-21(20)31(28,29)26-19-8-3-2-7-18(19)23/h2-8,10-11,13-14,26H,9,12H2,1H3,(H,25,27). The van der Waals surface area contributed by atoms with Crippen molar-refractivity contribution < 1.29 is 22.3 Å². The third kappa shape index (κ3) is 5.96. The number of ether oxygens (including phenoxy) is 1. The number of methoxy groups -OCH3 is 1. The summed E-state index contributed by atoms with van der Waals surface area (Å²) in [5.41, 5.74) is 1.19. The fourth-order valence-electron chi connectivity index (χ4n) is 2.88. The zero-order chi connectivity index (χ0) is 22.4. The number of amides is 1. The molecule has 9 heteroatoms. The summed E-state index contributed by atoms with van der Waals surface area (Å²) in [4.78, 5) is 12.1. The summed E-state index contributed by atoms with van der Waals surface area (Å²) in [7, 11) is -2.70. The van der Waals surface area contributed by atoms with Gasteiger partial charge in [-0.15, -0.1) is 0 Å². The quantitative estimate of drug-likeness (QED) is 0.500. The van der Waals surface area contributed by atoms with Crippen LogP contribution in [0.15, 0.2) is 71.6 Å². The maximum absolute atomic E-state index is 13.3. The second-order valence-electron chi connectivity index (χ2n) is 6.63. The molecule has 1 amide bonds. The van der Waals surface area contributed by atoms with Gasteiger partial charge in [-0.05, 0) is 54.4 Å². The van der Waals surface area contributed by atoms with Gasteiger partial charge >= 0.3 is 0 Å². The number of hydrogen-bond donors (Lipinski definition) is 2. The highest BCUT2D eigenvalue weighted by Crippen LogP contribution is 2.30. The molecule has 2 N–H and O–H groups in total. The third-order valence-corrected chi connectivity index (χ3v) is 6.10. The van der Waals surface area contributed by atoms with Gasteiger partial charge in [-0.3, -0.25) is 9.52 Å². The van der Waals surface area contributed by atoms with E-state index in [1.807, 2.05) is 0 Å². The van der Waals surface area contributed by atoms with Gasteiger partial charge in [0.1, 0.15) is 16.5 Å². The predicted molar refractivity (Wildman–Crippen MR) is 119 cm³/mol. The van der Waals surface area contributed by atoms with Gasteiger partial charge in [0.25, 0.3) is 10.0 Å². The van der Waals surface area contributed by atoms with Crippen LogP contribution in [0.5, 0.6) is 5.75 Å². The summed E-state index contributed by atoms with van der Waals surface area (Å²) in [6.07, 6.45) is 0.453. The second-order valence-corrected chi connectivity index (χ2v) is 8.69. The molecule has 3 aromatic rings. The summed E-state index contributed by atoms with van der Waals surface area (Å²) >= 11 is 6.05. The molecule has 0 aliphatic carbocycles. The SMILES string of the molecule is COc1ccc(NC(=O)CCc2cccc(F)c2)cc1S(=O)(=O)Nc1ccccc1Cl. The van der Waals surface area contributed by atoms with Crippen LogP contribution in [0.25, 0.3) is 0 Å². The molecule has 0 saturated heterocycles. The lowest BCUT2D eigenvalue weighted by Crippen LogP contribution is -2.16. The Labute approximate surface area is 185 Å². The third-order valence-electron chi connectivity index (χ3n) is 4.38. The second kappa shape index (κ2) is 9.80. The van der Waals surface area contributed by atoms with E-state index in [0.29, 0.717) is 12.0 Å². The average molecular weight is 463 g/mol. The minimum Gasteiger partial charge on any atom is -0.495 e. The molecule has 0 heterocycles. The van der Waals surface area contributed by atoms with Gasteiger partial charge in [-0.1, -0.05) is 35.9 Å². The van der Waals surface area contributed by atoms with E-state index in [1.54, 1.807) is 30.3 Å². The van der Waals surface area contributed by atoms with E-state index >= 15 is 0 Å². The van der Waals surface area contributed by atoms with Crippen LogP contribution in [-0.4, -0.2) is 21.4 Å². The topological polar surface area (TPSA) is 84.5 Å². The molecule has 0 spiro atoms. The van der Waals surface area contributed by atoms with Crippen LogP contribution in [0.1, 0.15) is 12.0 Å². The molecule has 0 saturated carbocycles. The first-order valence-electron chi connectivity index (χ1n) is 9.28. The molecule has 0 bridgehead atoms. The van der Waals surface area contributed by atoms with E-state index in [1.165, 1.54) is 43.5 Å². The minimum atomic E-state index is -4.05. The van der Waals surface area contributed by atoms with Crippen molar-refractivity contribution in [1.29, 1.82) is 0 Å². The van der Waals surface area contributed by atoms with Crippen molar-refractivity contribution in [3.8, 4) is 5.75 Å². The molecular weight excluding hydrogens is 443 g/mol. The molecule has 0 unspecified atom stereocenters. The van der Waals surface area contributed by atoms with E-state index in [2.05, 4.69) is 10.0 Å². The smallest absolute Gasteiger partial charge is 0.265 e. The van der Waals surface area contributed by atoms with Crippen LogP contribution >= 0.6 is 11.6 Å². The molecule has 0 atom stereocenters.